The molecule has 1 unspecified atom stereocenters. The monoisotopic (exact) mass is 1020 g/mol. The molecule has 0 bridgehead atoms. The molecule has 0 aliphatic carbocycles. The molecule has 2 aliphatic heterocycles. The van der Waals surface area contributed by atoms with Gasteiger partial charge in [0.1, 0.15) is 26.8 Å². The van der Waals surface area contributed by atoms with Crippen LogP contribution in [0.5, 0.6) is 0 Å². The van der Waals surface area contributed by atoms with E-state index in [2.05, 4.69) is 11.1 Å². The maximum atomic E-state index is 12.5. The number of quaternary nitrogens is 1. The number of rotatable bonds is 25. The molecule has 2 aromatic carbocycles. The Hall–Kier alpha value is -0.267. The summed E-state index contributed by atoms with van der Waals surface area (Å²) >= 11 is 0. The van der Waals surface area contributed by atoms with Gasteiger partial charge in [0.2, 0.25) is 11.6 Å². The number of fused-ring (bicyclic) bond motifs is 2. The molecule has 2 aromatic rings. The predicted molar refractivity (Wildman–Crippen MR) is 229 cm³/mol. The molecule has 0 saturated heterocycles. The van der Waals surface area contributed by atoms with Gasteiger partial charge < -0.3 is 34.2 Å². The summed E-state index contributed by atoms with van der Waals surface area (Å²) in [5.41, 5.74) is 5.22. The maximum Gasteiger partial charge on any atom is 1.00 e. The van der Waals surface area contributed by atoms with Gasteiger partial charge in [0.05, 0.1) is 42.0 Å². The van der Waals surface area contributed by atoms with Gasteiger partial charge in [-0.05, 0) is 114 Å². The molecule has 2 aliphatic rings. The first kappa shape index (κ1) is 59.9. The van der Waals surface area contributed by atoms with Crippen LogP contribution in [0.15, 0.2) is 70.1 Å². The third-order valence-electron chi connectivity index (χ3n) is 11.5. The number of benzene rings is 2. The second kappa shape index (κ2) is 25.5. The van der Waals surface area contributed by atoms with Crippen molar-refractivity contribution in [3.8, 4) is 0 Å². The molecular weight excluding hydrogens is 963 g/mol. The third-order valence-corrected chi connectivity index (χ3v) is 14.8. The molecule has 0 spiro atoms. The molecule has 0 saturated carbocycles. The Balaban J connectivity index is 0.00000704. The van der Waals surface area contributed by atoms with Gasteiger partial charge in [-0.1, -0.05) is 18.9 Å². The third kappa shape index (κ3) is 17.0. The van der Waals surface area contributed by atoms with Crippen LogP contribution in [0.25, 0.3) is 0 Å². The molecule has 1 amide bonds. The average molecular weight is 1020 g/mol. The van der Waals surface area contributed by atoms with E-state index in [9.17, 15) is 56.7 Å². The largest absolute Gasteiger partial charge is 1.00 e. The van der Waals surface area contributed by atoms with Gasteiger partial charge in [-0.2, -0.15) is 4.58 Å². The molecular formula is C41H58K2N4O13S4. The second-order valence-electron chi connectivity index (χ2n) is 16.6. The van der Waals surface area contributed by atoms with Crippen LogP contribution in [0.3, 0.4) is 0 Å². The standard InChI is InChI=1S/C41H60N4O13S4.2K/c1-40(2)33-29-31(61(53,54)55)18-20-35(33)44(25-11-6-7-17-39(46)43-24-10-5-4-9-23-42)37(40)15-13-16-38-41(3,22-8-12-27-59(47,48)49)34-30-32(62(56,57)58)19-21-36(34)45(38)26-14-28-60(50,51)52;;/h13,15-16,18-21,29-30H,4-12,14,17,22-28,42H2,1-3H3,(H4-,43,46,47,48,49,50,51,52,53,54,55,56,57,58);;/q;2*+1/p-2. The molecule has 1 atom stereocenters. The number of amides is 1. The summed E-state index contributed by atoms with van der Waals surface area (Å²) < 4.78 is 144. The number of carbonyl (C=O) groups is 1. The summed E-state index contributed by atoms with van der Waals surface area (Å²) in [5, 5.41) is 2.97. The molecule has 23 heteroatoms. The number of allylic oxidation sites excluding steroid dienone is 4. The molecule has 0 radical (unpaired) electrons. The fourth-order valence-corrected chi connectivity index (χ4v) is 10.4. The van der Waals surface area contributed by atoms with Crippen LogP contribution in [-0.4, -0.2) is 106 Å². The van der Waals surface area contributed by atoms with E-state index in [1.165, 1.54) is 24.3 Å². The van der Waals surface area contributed by atoms with Crippen LogP contribution >= 0.6 is 0 Å². The Kier molecular flexibility index (Phi) is 23.9. The van der Waals surface area contributed by atoms with Crippen molar-refractivity contribution in [2.24, 2.45) is 0 Å². The van der Waals surface area contributed by atoms with Crippen molar-refractivity contribution in [1.29, 1.82) is 0 Å². The van der Waals surface area contributed by atoms with E-state index in [1.807, 2.05) is 24.5 Å². The van der Waals surface area contributed by atoms with Crippen molar-refractivity contribution < 1.29 is 170 Å². The van der Waals surface area contributed by atoms with E-state index in [-0.39, 0.29) is 146 Å². The predicted octanol–water partition coefficient (Wildman–Crippen LogP) is -2.77. The summed E-state index contributed by atoms with van der Waals surface area (Å²) in [4.78, 5) is 13.3. The molecule has 0 fully saturated rings. The minimum absolute atomic E-state index is 0. The Morgan fingerprint density at radius 3 is 1.92 bits per heavy atom. The number of carbonyl (C=O) groups excluding carboxylic acids is 1. The van der Waals surface area contributed by atoms with Gasteiger partial charge >= 0.3 is 103 Å². The van der Waals surface area contributed by atoms with Gasteiger partial charge in [-0.3, -0.25) is 4.79 Å². The SMILES string of the molecule is CC1(C)C(/C=C/C=C2/N(CCCS(=O)(=O)[O-])c3ccc(S(=O)(=O)[O-])cc3C2(C)CCCCS(=O)(=O)[O-])=[N+](CCCCCC(=O)NCCCCCC[NH3+])c2ccc(S(=O)(=O)[O-])cc21.[K+].[K+]. The van der Waals surface area contributed by atoms with E-state index in [4.69, 9.17) is 0 Å². The van der Waals surface area contributed by atoms with Crippen LogP contribution in [0.2, 0.25) is 0 Å². The van der Waals surface area contributed by atoms with Crippen LogP contribution in [0, 0.1) is 0 Å². The summed E-state index contributed by atoms with van der Waals surface area (Å²) in [7, 11) is -18.9. The summed E-state index contributed by atoms with van der Waals surface area (Å²) in [5.74, 6) is -1.36. The summed E-state index contributed by atoms with van der Waals surface area (Å²) in [6, 6.07) is 8.00. The molecule has 17 nitrogen and oxygen atoms in total. The topological polar surface area (TPSA) is 292 Å². The number of anilines is 1. The van der Waals surface area contributed by atoms with E-state index in [0.29, 0.717) is 67.0 Å². The van der Waals surface area contributed by atoms with Crippen molar-refractivity contribution in [1.82, 2.24) is 5.32 Å². The fraction of sp³-hybridized carbons (Fsp3) is 0.561. The Labute approximate surface area is 464 Å². The van der Waals surface area contributed by atoms with E-state index >= 15 is 0 Å². The van der Waals surface area contributed by atoms with Crippen molar-refractivity contribution >= 4 is 63.5 Å². The summed E-state index contributed by atoms with van der Waals surface area (Å²) in [6.07, 6.45) is 11.9. The molecule has 4 rings (SSSR count). The first-order chi connectivity index (χ1) is 28.8. The molecule has 64 heavy (non-hydrogen) atoms. The zero-order valence-electron chi connectivity index (χ0n) is 37.5. The van der Waals surface area contributed by atoms with Crippen molar-refractivity contribution in [3.05, 3.63) is 71.5 Å². The zero-order chi connectivity index (χ0) is 46.1. The normalized spacial score (nSPS) is 17.9. The van der Waals surface area contributed by atoms with Crippen molar-refractivity contribution in [3.63, 3.8) is 0 Å². The van der Waals surface area contributed by atoms with Crippen LogP contribution in [-0.2, 0) is 56.1 Å². The Morgan fingerprint density at radius 2 is 1.31 bits per heavy atom. The van der Waals surface area contributed by atoms with Gasteiger partial charge in [0.15, 0.2) is 5.71 Å². The second-order valence-corrected chi connectivity index (χ2v) is 22.4. The Bertz CT molecular complexity index is 2510. The van der Waals surface area contributed by atoms with Gasteiger partial charge in [0, 0.05) is 71.9 Å². The van der Waals surface area contributed by atoms with Crippen molar-refractivity contribution in [2.45, 2.75) is 118 Å². The number of unbranched alkanes of at least 4 members (excludes halogenated alkanes) is 6. The average Bonchev–Trinajstić information content (AvgIpc) is 3.52. The molecule has 346 valence electrons. The molecule has 4 N–H and O–H groups in total. The van der Waals surface area contributed by atoms with Crippen LogP contribution < -0.4 is 119 Å². The first-order valence-electron chi connectivity index (χ1n) is 20.7. The molecule has 2 heterocycles. The number of hydrogen-bond acceptors (Lipinski definition) is 14. The minimum atomic E-state index is -4.93. The number of nitrogens with one attached hydrogen (secondary N) is 1. The minimum Gasteiger partial charge on any atom is -0.748 e. The van der Waals surface area contributed by atoms with Crippen molar-refractivity contribution in [2.75, 3.05) is 42.6 Å². The van der Waals surface area contributed by atoms with E-state index in [0.717, 1.165) is 44.0 Å². The summed E-state index contributed by atoms with van der Waals surface area (Å²) in [6.45, 7) is 7.49. The number of nitrogens with zero attached hydrogens (tertiary/aromatic N) is 2. The van der Waals surface area contributed by atoms with Crippen LogP contribution in [0.4, 0.5) is 11.4 Å². The maximum absolute atomic E-state index is 12.5. The van der Waals surface area contributed by atoms with E-state index < -0.39 is 67.7 Å². The zero-order valence-corrected chi connectivity index (χ0v) is 47.0. The smallest absolute Gasteiger partial charge is 0.748 e. The van der Waals surface area contributed by atoms with Gasteiger partial charge in [-0.15, -0.1) is 0 Å². The van der Waals surface area contributed by atoms with Gasteiger partial charge in [-0.25, -0.2) is 33.7 Å². The van der Waals surface area contributed by atoms with Crippen LogP contribution in [0.1, 0.15) is 109 Å². The van der Waals surface area contributed by atoms with E-state index in [1.54, 1.807) is 30.0 Å². The Morgan fingerprint density at radius 1 is 0.734 bits per heavy atom. The molecule has 0 aromatic heterocycles. The van der Waals surface area contributed by atoms with Gasteiger partial charge in [0.25, 0.3) is 0 Å². The number of hydrogen-bond donors (Lipinski definition) is 2. The fourth-order valence-electron chi connectivity index (χ4n) is 8.33. The quantitative estimate of drug-likeness (QED) is 0.0441. The first-order valence-corrected chi connectivity index (χ1v) is 26.7.